The molecule has 0 atom stereocenters. The van der Waals surface area contributed by atoms with Gasteiger partial charge >= 0.3 is 0 Å². The highest BCUT2D eigenvalue weighted by Gasteiger charge is 2.29. The standard InChI is InChI=1S/C19H22OSi/c1-5-15-20-19-14-10-9-13-18(19)16(2)21(3,4)17-11-7-6-8-12-17/h5-14H,1-2,15H2,3-4H3. The summed E-state index contributed by atoms with van der Waals surface area (Å²) in [5.41, 5.74) is 1.11. The van der Waals surface area contributed by atoms with Crippen LogP contribution in [0.25, 0.3) is 5.20 Å². The summed E-state index contributed by atoms with van der Waals surface area (Å²) >= 11 is 0. The highest BCUT2D eigenvalue weighted by atomic mass is 28.3. The predicted octanol–water partition coefficient (Wildman–Crippen LogP) is 4.42. The molecule has 0 saturated heterocycles. The fourth-order valence-electron chi connectivity index (χ4n) is 2.36. The number of ether oxygens (including phenoxy) is 1. The van der Waals surface area contributed by atoms with Crippen LogP contribution in [0, 0.1) is 0 Å². The van der Waals surface area contributed by atoms with Crippen LogP contribution in [0.3, 0.4) is 0 Å². The first-order valence-electron chi connectivity index (χ1n) is 7.15. The van der Waals surface area contributed by atoms with Crippen LogP contribution in [0.1, 0.15) is 5.56 Å². The zero-order chi connectivity index (χ0) is 15.3. The molecule has 0 spiro atoms. The van der Waals surface area contributed by atoms with Crippen LogP contribution in [0.5, 0.6) is 5.75 Å². The molecule has 0 aliphatic rings. The molecule has 2 heteroatoms. The molecule has 0 bridgehead atoms. The fraction of sp³-hybridized carbons (Fsp3) is 0.158. The molecule has 0 amide bonds. The van der Waals surface area contributed by atoms with E-state index in [4.69, 9.17) is 4.74 Å². The van der Waals surface area contributed by atoms with Gasteiger partial charge < -0.3 is 4.74 Å². The summed E-state index contributed by atoms with van der Waals surface area (Å²) in [5.74, 6) is 0.888. The Labute approximate surface area is 128 Å². The van der Waals surface area contributed by atoms with E-state index in [0.29, 0.717) is 6.61 Å². The second kappa shape index (κ2) is 6.59. The molecule has 108 valence electrons. The van der Waals surface area contributed by atoms with Crippen molar-refractivity contribution in [3.63, 3.8) is 0 Å². The second-order valence-corrected chi connectivity index (χ2v) is 10.00. The predicted molar refractivity (Wildman–Crippen MR) is 94.7 cm³/mol. The van der Waals surface area contributed by atoms with E-state index in [1.165, 1.54) is 10.4 Å². The summed E-state index contributed by atoms with van der Waals surface area (Å²) in [7, 11) is -1.79. The minimum atomic E-state index is -1.79. The highest BCUT2D eigenvalue weighted by molar-refractivity contribution is 7.04. The van der Waals surface area contributed by atoms with Crippen molar-refractivity contribution in [2.24, 2.45) is 0 Å². The van der Waals surface area contributed by atoms with Gasteiger partial charge in [0.05, 0.1) is 0 Å². The Bertz CT molecular complexity index is 629. The van der Waals surface area contributed by atoms with E-state index < -0.39 is 8.07 Å². The minimum Gasteiger partial charge on any atom is -0.489 e. The maximum Gasteiger partial charge on any atom is 0.126 e. The molecule has 0 radical (unpaired) electrons. The summed E-state index contributed by atoms with van der Waals surface area (Å²) in [6.45, 7) is 13.3. The molecule has 0 heterocycles. The van der Waals surface area contributed by atoms with Crippen molar-refractivity contribution in [2.75, 3.05) is 6.61 Å². The van der Waals surface area contributed by atoms with Crippen LogP contribution in [0.4, 0.5) is 0 Å². The Morgan fingerprint density at radius 3 is 2.33 bits per heavy atom. The van der Waals surface area contributed by atoms with Crippen molar-refractivity contribution in [2.45, 2.75) is 13.1 Å². The SMILES string of the molecule is C=CCOc1ccccc1C(=C)[Si](C)(C)c1ccccc1. The average Bonchev–Trinajstić information content (AvgIpc) is 2.53. The van der Waals surface area contributed by atoms with Crippen molar-refractivity contribution in [1.82, 2.24) is 0 Å². The monoisotopic (exact) mass is 294 g/mol. The lowest BCUT2D eigenvalue weighted by Crippen LogP contribution is -2.42. The molecule has 0 fully saturated rings. The van der Waals surface area contributed by atoms with E-state index in [1.807, 2.05) is 18.2 Å². The van der Waals surface area contributed by atoms with Crippen LogP contribution in [0.15, 0.2) is 73.8 Å². The first-order valence-corrected chi connectivity index (χ1v) is 10.2. The molecule has 0 aliphatic carbocycles. The lowest BCUT2D eigenvalue weighted by atomic mass is 10.2. The van der Waals surface area contributed by atoms with Gasteiger partial charge in [-0.1, -0.05) is 91.2 Å². The summed E-state index contributed by atoms with van der Waals surface area (Å²) in [4.78, 5) is 0. The van der Waals surface area contributed by atoms with E-state index in [-0.39, 0.29) is 0 Å². The van der Waals surface area contributed by atoms with Gasteiger partial charge in [-0.3, -0.25) is 0 Å². The third-order valence-corrected chi connectivity index (χ3v) is 7.37. The molecular weight excluding hydrogens is 272 g/mol. The quantitative estimate of drug-likeness (QED) is 0.566. The molecule has 0 aromatic heterocycles. The molecule has 0 N–H and O–H groups in total. The van der Waals surface area contributed by atoms with Gasteiger partial charge in [-0.25, -0.2) is 0 Å². The molecule has 21 heavy (non-hydrogen) atoms. The maximum absolute atomic E-state index is 5.78. The average molecular weight is 294 g/mol. The van der Waals surface area contributed by atoms with Crippen molar-refractivity contribution in [3.8, 4) is 5.75 Å². The van der Waals surface area contributed by atoms with Gasteiger partial charge in [-0.2, -0.15) is 0 Å². The molecule has 0 aliphatic heterocycles. The van der Waals surface area contributed by atoms with E-state index in [1.54, 1.807) is 6.08 Å². The molecular formula is C19H22OSi. The number of hydrogen-bond donors (Lipinski definition) is 0. The third-order valence-electron chi connectivity index (χ3n) is 3.82. The van der Waals surface area contributed by atoms with Crippen LogP contribution >= 0.6 is 0 Å². The van der Waals surface area contributed by atoms with Crippen LogP contribution in [-0.2, 0) is 0 Å². The normalized spacial score (nSPS) is 11.0. The topological polar surface area (TPSA) is 9.23 Å². The van der Waals surface area contributed by atoms with Crippen molar-refractivity contribution in [3.05, 3.63) is 79.4 Å². The van der Waals surface area contributed by atoms with Gasteiger partial charge in [0.2, 0.25) is 0 Å². The van der Waals surface area contributed by atoms with Crippen LogP contribution in [0.2, 0.25) is 13.1 Å². The van der Waals surface area contributed by atoms with Crippen LogP contribution in [-0.4, -0.2) is 14.7 Å². The Balaban J connectivity index is 2.38. The summed E-state index contributed by atoms with van der Waals surface area (Å²) < 4.78 is 5.78. The highest BCUT2D eigenvalue weighted by Crippen LogP contribution is 2.31. The maximum atomic E-state index is 5.78. The van der Waals surface area contributed by atoms with E-state index >= 15 is 0 Å². The van der Waals surface area contributed by atoms with Crippen molar-refractivity contribution in [1.29, 1.82) is 0 Å². The summed E-state index contributed by atoms with van der Waals surface area (Å²) in [6.07, 6.45) is 1.76. The molecule has 2 aromatic carbocycles. The first kappa shape index (κ1) is 15.3. The Morgan fingerprint density at radius 2 is 1.67 bits per heavy atom. The zero-order valence-electron chi connectivity index (χ0n) is 12.8. The van der Waals surface area contributed by atoms with Gasteiger partial charge in [0, 0.05) is 5.56 Å². The fourth-order valence-corrected chi connectivity index (χ4v) is 4.61. The summed E-state index contributed by atoms with van der Waals surface area (Å²) in [6, 6.07) is 18.8. The van der Waals surface area contributed by atoms with Gasteiger partial charge in [-0.15, -0.1) is 0 Å². The van der Waals surface area contributed by atoms with Gasteiger partial charge in [0.1, 0.15) is 20.4 Å². The lowest BCUT2D eigenvalue weighted by Gasteiger charge is -2.27. The lowest BCUT2D eigenvalue weighted by molar-refractivity contribution is 0.362. The first-order chi connectivity index (χ1) is 10.1. The molecule has 0 unspecified atom stereocenters. The van der Waals surface area contributed by atoms with Gasteiger partial charge in [-0.05, 0) is 6.07 Å². The van der Waals surface area contributed by atoms with Crippen LogP contribution < -0.4 is 9.92 Å². The Morgan fingerprint density at radius 1 is 1.05 bits per heavy atom. The second-order valence-electron chi connectivity index (χ2n) is 5.57. The molecule has 1 nitrogen and oxygen atoms in total. The third kappa shape index (κ3) is 3.34. The van der Waals surface area contributed by atoms with Gasteiger partial charge in [0.25, 0.3) is 0 Å². The number of benzene rings is 2. The number of rotatable bonds is 6. The number of para-hydroxylation sites is 1. The molecule has 0 saturated carbocycles. The number of hydrogen-bond acceptors (Lipinski definition) is 1. The van der Waals surface area contributed by atoms with E-state index in [0.717, 1.165) is 11.3 Å². The van der Waals surface area contributed by atoms with Crippen molar-refractivity contribution >= 4 is 18.5 Å². The van der Waals surface area contributed by atoms with E-state index in [2.05, 4.69) is 62.7 Å². The summed E-state index contributed by atoms with van der Waals surface area (Å²) in [5, 5.41) is 2.57. The molecule has 2 aromatic rings. The van der Waals surface area contributed by atoms with E-state index in [9.17, 15) is 0 Å². The smallest absolute Gasteiger partial charge is 0.126 e. The largest absolute Gasteiger partial charge is 0.489 e. The Hall–Kier alpha value is -2.06. The van der Waals surface area contributed by atoms with Crippen molar-refractivity contribution < 1.29 is 4.74 Å². The van der Waals surface area contributed by atoms with Gasteiger partial charge in [0.15, 0.2) is 0 Å². The Kier molecular flexibility index (Phi) is 4.81. The molecule has 2 rings (SSSR count). The zero-order valence-corrected chi connectivity index (χ0v) is 13.8. The minimum absolute atomic E-state index is 0.512.